The van der Waals surface area contributed by atoms with E-state index in [1.54, 1.807) is 12.2 Å². The summed E-state index contributed by atoms with van der Waals surface area (Å²) in [5.41, 5.74) is -0.435. The number of carbonyl (C=O) groups excluding carboxylic acids is 2. The van der Waals surface area contributed by atoms with Crippen molar-refractivity contribution in [2.24, 2.45) is 5.92 Å². The van der Waals surface area contributed by atoms with Crippen molar-refractivity contribution in [3.63, 3.8) is 0 Å². The molecular formula is C14H10N2O6-2. The lowest BCUT2D eigenvalue weighted by Gasteiger charge is -2.38. The van der Waals surface area contributed by atoms with Crippen LogP contribution in [0.1, 0.15) is 28.3 Å². The Morgan fingerprint density at radius 1 is 1.27 bits per heavy atom. The lowest BCUT2D eigenvalue weighted by Crippen LogP contribution is -2.49. The summed E-state index contributed by atoms with van der Waals surface area (Å²) in [7, 11) is 0. The zero-order valence-electron chi connectivity index (χ0n) is 11.1. The van der Waals surface area contributed by atoms with Crippen LogP contribution in [0.4, 0.5) is 11.4 Å². The normalized spacial score (nSPS) is 25.0. The van der Waals surface area contributed by atoms with Crippen LogP contribution < -0.4 is 15.5 Å². The third kappa shape index (κ3) is 1.92. The number of hydrogen-bond acceptors (Lipinski definition) is 7. The molecule has 0 bridgehead atoms. The molecule has 0 spiro atoms. The summed E-state index contributed by atoms with van der Waals surface area (Å²) < 4.78 is 0. The molecule has 0 saturated carbocycles. The number of rotatable bonds is 3. The molecule has 8 heteroatoms. The van der Waals surface area contributed by atoms with E-state index in [9.17, 15) is 29.9 Å². The molecular weight excluding hydrogens is 292 g/mol. The maximum atomic E-state index is 11.3. The van der Waals surface area contributed by atoms with E-state index in [4.69, 9.17) is 0 Å². The molecule has 114 valence electrons. The highest BCUT2D eigenvalue weighted by Gasteiger charge is 2.42. The molecule has 1 N–H and O–H groups in total. The first-order valence-electron chi connectivity index (χ1n) is 6.58. The van der Waals surface area contributed by atoms with Gasteiger partial charge in [-0.15, -0.1) is 0 Å². The zero-order chi connectivity index (χ0) is 16.0. The van der Waals surface area contributed by atoms with E-state index < -0.39 is 34.7 Å². The van der Waals surface area contributed by atoms with Crippen molar-refractivity contribution in [1.29, 1.82) is 0 Å². The fraction of sp³-hybridized carbons (Fsp3) is 0.286. The number of hydrogen-bond donors (Lipinski definition) is 1. The SMILES string of the molecule is O=C([O-])c1ccc([N+](=O)[O-])c2c1N[C@@H](C(=O)[O-])[C@@H]1CC=C[C@@H]21. The molecule has 3 rings (SSSR count). The standard InChI is InChI=1S/C14H12N2O6/c17-13(18)8-4-5-9(16(21)22)10-6-2-1-3-7(6)12(14(19)20)15-11(8)10/h1-2,4-7,12,15H,3H2,(H,17,18)(H,19,20)/p-2/t6-,7-,12-/m1/s1. The van der Waals surface area contributed by atoms with E-state index in [1.165, 1.54) is 0 Å². The van der Waals surface area contributed by atoms with Gasteiger partial charge in [-0.05, 0) is 18.4 Å². The number of aromatic carboxylic acids is 1. The van der Waals surface area contributed by atoms with Crippen LogP contribution in [-0.4, -0.2) is 22.9 Å². The second-order valence-corrected chi connectivity index (χ2v) is 5.26. The Hall–Kier alpha value is -2.90. The summed E-state index contributed by atoms with van der Waals surface area (Å²) in [4.78, 5) is 33.1. The molecule has 0 amide bonds. The number of carboxylic acids is 2. The molecule has 1 aliphatic heterocycles. The minimum Gasteiger partial charge on any atom is -0.548 e. The topological polar surface area (TPSA) is 135 Å². The lowest BCUT2D eigenvalue weighted by atomic mass is 9.77. The monoisotopic (exact) mass is 302 g/mol. The van der Waals surface area contributed by atoms with Crippen molar-refractivity contribution in [2.75, 3.05) is 5.32 Å². The number of carbonyl (C=O) groups is 2. The number of allylic oxidation sites excluding steroid dienone is 2. The van der Waals surface area contributed by atoms with Gasteiger partial charge in [-0.2, -0.15) is 0 Å². The van der Waals surface area contributed by atoms with E-state index in [0.29, 0.717) is 6.42 Å². The van der Waals surface area contributed by atoms with E-state index in [1.807, 2.05) is 0 Å². The van der Waals surface area contributed by atoms with Crippen LogP contribution in [0.15, 0.2) is 24.3 Å². The molecule has 0 fully saturated rings. The quantitative estimate of drug-likeness (QED) is 0.437. The van der Waals surface area contributed by atoms with Crippen LogP contribution in [0.3, 0.4) is 0 Å². The van der Waals surface area contributed by atoms with Gasteiger partial charge in [0.05, 0.1) is 34.2 Å². The molecule has 1 aromatic carbocycles. The van der Waals surface area contributed by atoms with E-state index in [-0.39, 0.29) is 22.5 Å². The molecule has 0 saturated heterocycles. The maximum absolute atomic E-state index is 11.3. The average Bonchev–Trinajstić information content (AvgIpc) is 2.93. The molecule has 0 radical (unpaired) electrons. The van der Waals surface area contributed by atoms with Gasteiger partial charge in [-0.3, -0.25) is 10.1 Å². The van der Waals surface area contributed by atoms with Crippen molar-refractivity contribution in [3.8, 4) is 0 Å². The minimum atomic E-state index is -1.53. The Labute approximate surface area is 124 Å². The molecule has 1 heterocycles. The fourth-order valence-corrected chi connectivity index (χ4v) is 3.25. The van der Waals surface area contributed by atoms with Gasteiger partial charge in [-0.25, -0.2) is 0 Å². The predicted octanol–water partition coefficient (Wildman–Crippen LogP) is -0.838. The number of fused-ring (bicyclic) bond motifs is 3. The van der Waals surface area contributed by atoms with Crippen LogP contribution >= 0.6 is 0 Å². The van der Waals surface area contributed by atoms with Crippen molar-refractivity contribution in [2.45, 2.75) is 18.4 Å². The second-order valence-electron chi connectivity index (χ2n) is 5.26. The summed E-state index contributed by atoms with van der Waals surface area (Å²) in [6, 6.07) is 1.03. The lowest BCUT2D eigenvalue weighted by molar-refractivity contribution is -0.385. The summed E-state index contributed by atoms with van der Waals surface area (Å²) >= 11 is 0. The fourth-order valence-electron chi connectivity index (χ4n) is 3.25. The number of nitrogens with zero attached hydrogens (tertiary/aromatic N) is 1. The van der Waals surface area contributed by atoms with Crippen molar-refractivity contribution in [1.82, 2.24) is 0 Å². The van der Waals surface area contributed by atoms with Crippen LogP contribution in [-0.2, 0) is 4.79 Å². The molecule has 1 aromatic rings. The Morgan fingerprint density at radius 3 is 2.59 bits per heavy atom. The average molecular weight is 302 g/mol. The highest BCUT2D eigenvalue weighted by Crippen LogP contribution is 2.49. The number of nitro groups is 1. The molecule has 0 aromatic heterocycles. The first-order chi connectivity index (χ1) is 10.4. The summed E-state index contributed by atoms with van der Waals surface area (Å²) in [6.07, 6.45) is 3.83. The van der Waals surface area contributed by atoms with Gasteiger partial charge < -0.3 is 25.1 Å². The number of nitro benzene ring substituents is 1. The third-order valence-electron chi connectivity index (χ3n) is 4.17. The van der Waals surface area contributed by atoms with Crippen LogP contribution in [0, 0.1) is 16.0 Å². The van der Waals surface area contributed by atoms with Gasteiger partial charge in [0.2, 0.25) is 0 Å². The molecule has 22 heavy (non-hydrogen) atoms. The highest BCUT2D eigenvalue weighted by atomic mass is 16.6. The van der Waals surface area contributed by atoms with Gasteiger partial charge in [0, 0.05) is 17.5 Å². The van der Waals surface area contributed by atoms with Gasteiger partial charge in [0.15, 0.2) is 0 Å². The minimum absolute atomic E-state index is 0.0730. The number of nitrogens with one attached hydrogen (secondary N) is 1. The van der Waals surface area contributed by atoms with Gasteiger partial charge in [0.1, 0.15) is 0 Å². The third-order valence-corrected chi connectivity index (χ3v) is 4.17. The largest absolute Gasteiger partial charge is 0.548 e. The van der Waals surface area contributed by atoms with Crippen molar-refractivity contribution in [3.05, 3.63) is 45.5 Å². The number of anilines is 1. The first-order valence-corrected chi connectivity index (χ1v) is 6.58. The number of aliphatic carboxylic acids is 1. The van der Waals surface area contributed by atoms with Crippen LogP contribution in [0.2, 0.25) is 0 Å². The Kier molecular flexibility index (Phi) is 3.09. The van der Waals surface area contributed by atoms with Crippen molar-refractivity contribution >= 4 is 23.3 Å². The van der Waals surface area contributed by atoms with E-state index >= 15 is 0 Å². The van der Waals surface area contributed by atoms with E-state index in [0.717, 1.165) is 12.1 Å². The van der Waals surface area contributed by atoms with Crippen LogP contribution in [0.25, 0.3) is 0 Å². The molecule has 2 aliphatic rings. The number of carboxylic acid groups (broad SMARTS) is 2. The van der Waals surface area contributed by atoms with Gasteiger partial charge in [-0.1, -0.05) is 12.2 Å². The van der Waals surface area contributed by atoms with Gasteiger partial charge >= 0.3 is 0 Å². The van der Waals surface area contributed by atoms with Crippen molar-refractivity contribution < 1.29 is 24.7 Å². The Bertz CT molecular complexity index is 726. The zero-order valence-corrected chi connectivity index (χ0v) is 11.1. The summed E-state index contributed by atoms with van der Waals surface area (Å²) in [5.74, 6) is -3.90. The number of benzene rings is 1. The molecule has 8 nitrogen and oxygen atoms in total. The molecule has 1 aliphatic carbocycles. The Balaban J connectivity index is 2.27. The summed E-state index contributed by atoms with van der Waals surface area (Å²) in [5, 5.41) is 36.3. The Morgan fingerprint density at radius 2 is 2.00 bits per heavy atom. The smallest absolute Gasteiger partial charge is 0.275 e. The maximum Gasteiger partial charge on any atom is 0.275 e. The molecule has 3 atom stereocenters. The van der Waals surface area contributed by atoms with Crippen LogP contribution in [0.5, 0.6) is 0 Å². The van der Waals surface area contributed by atoms with E-state index in [2.05, 4.69) is 5.32 Å². The van der Waals surface area contributed by atoms with Gasteiger partial charge in [0.25, 0.3) is 5.69 Å². The summed E-state index contributed by atoms with van der Waals surface area (Å²) in [6.45, 7) is 0. The highest BCUT2D eigenvalue weighted by molar-refractivity contribution is 5.97. The first kappa shape index (κ1) is 14.1. The molecule has 0 unspecified atom stereocenters. The second kappa shape index (κ2) is 4.83. The predicted molar refractivity (Wildman–Crippen MR) is 69.8 cm³/mol.